The van der Waals surface area contributed by atoms with E-state index in [1.54, 1.807) is 0 Å². The molecule has 0 aliphatic carbocycles. The number of nitrogens with one attached hydrogen (secondary N) is 1. The summed E-state index contributed by atoms with van der Waals surface area (Å²) in [6.07, 6.45) is 1.26. The number of rotatable bonds is 8. The minimum absolute atomic E-state index is 0.00660. The third-order valence-corrected chi connectivity index (χ3v) is 2.90. The van der Waals surface area contributed by atoms with Crippen molar-refractivity contribution in [3.8, 4) is 0 Å². The third kappa shape index (κ3) is 6.59. The second-order valence-corrected chi connectivity index (χ2v) is 5.63. The van der Waals surface area contributed by atoms with Crippen molar-refractivity contribution in [3.05, 3.63) is 0 Å². The summed E-state index contributed by atoms with van der Waals surface area (Å²) in [5.74, 6) is 0.0112. The molecular formula is C13H27N3O2. The minimum Gasteiger partial charge on any atom is -0.368 e. The van der Waals surface area contributed by atoms with E-state index in [1.165, 1.54) is 0 Å². The van der Waals surface area contributed by atoms with Crippen LogP contribution >= 0.6 is 0 Å². The highest BCUT2D eigenvalue weighted by atomic mass is 16.2. The highest BCUT2D eigenvalue weighted by Crippen LogP contribution is 2.14. The van der Waals surface area contributed by atoms with E-state index in [-0.39, 0.29) is 17.7 Å². The Morgan fingerprint density at radius 3 is 2.06 bits per heavy atom. The van der Waals surface area contributed by atoms with Gasteiger partial charge in [0.2, 0.25) is 11.8 Å². The number of primary amides is 1. The van der Waals surface area contributed by atoms with Crippen LogP contribution < -0.4 is 16.8 Å². The normalized spacial score (nSPS) is 14.6. The maximum absolute atomic E-state index is 11.8. The molecule has 18 heavy (non-hydrogen) atoms. The van der Waals surface area contributed by atoms with E-state index < -0.39 is 11.9 Å². The summed E-state index contributed by atoms with van der Waals surface area (Å²) in [4.78, 5) is 23.0. The smallest absolute Gasteiger partial charge is 0.240 e. The van der Waals surface area contributed by atoms with E-state index in [1.807, 2.05) is 13.8 Å². The van der Waals surface area contributed by atoms with Gasteiger partial charge in [-0.2, -0.15) is 0 Å². The van der Waals surface area contributed by atoms with E-state index >= 15 is 0 Å². The van der Waals surface area contributed by atoms with E-state index in [2.05, 4.69) is 19.2 Å². The van der Waals surface area contributed by atoms with Crippen molar-refractivity contribution >= 4 is 11.8 Å². The number of hydrogen-bond acceptors (Lipinski definition) is 3. The quantitative estimate of drug-likeness (QED) is 0.594. The van der Waals surface area contributed by atoms with Crippen LogP contribution in [0, 0.1) is 17.8 Å². The van der Waals surface area contributed by atoms with Crippen molar-refractivity contribution in [3.63, 3.8) is 0 Å². The molecule has 0 aromatic carbocycles. The molecule has 0 rings (SSSR count). The van der Waals surface area contributed by atoms with Crippen LogP contribution in [0.15, 0.2) is 0 Å². The SMILES string of the molecule is CC(C)C[C@H](CN)CC(=O)NC(C(N)=O)C(C)C. The van der Waals surface area contributed by atoms with Gasteiger partial charge in [-0.1, -0.05) is 27.7 Å². The lowest BCUT2D eigenvalue weighted by atomic mass is 9.93. The van der Waals surface area contributed by atoms with Crippen LogP contribution in [-0.2, 0) is 9.59 Å². The van der Waals surface area contributed by atoms with Gasteiger partial charge in [-0.3, -0.25) is 9.59 Å². The molecule has 0 radical (unpaired) electrons. The Labute approximate surface area is 110 Å². The summed E-state index contributed by atoms with van der Waals surface area (Å²) >= 11 is 0. The van der Waals surface area contributed by atoms with Gasteiger partial charge in [0.1, 0.15) is 6.04 Å². The topological polar surface area (TPSA) is 98.2 Å². The molecule has 0 saturated carbocycles. The van der Waals surface area contributed by atoms with E-state index in [9.17, 15) is 9.59 Å². The monoisotopic (exact) mass is 257 g/mol. The number of nitrogens with two attached hydrogens (primary N) is 2. The average molecular weight is 257 g/mol. The standard InChI is InChI=1S/C13H27N3O2/c1-8(2)5-10(7-14)6-11(17)16-12(9(3)4)13(15)18/h8-10,12H,5-7,14H2,1-4H3,(H2,15,18)(H,16,17)/t10-,12?/m0/s1. The molecule has 0 heterocycles. The van der Waals surface area contributed by atoms with Crippen molar-refractivity contribution < 1.29 is 9.59 Å². The molecule has 0 aliphatic heterocycles. The number of carbonyl (C=O) groups excluding carboxylic acids is 2. The van der Waals surface area contributed by atoms with Gasteiger partial charge < -0.3 is 16.8 Å². The number of hydrogen-bond donors (Lipinski definition) is 3. The van der Waals surface area contributed by atoms with Gasteiger partial charge in [0.15, 0.2) is 0 Å². The molecule has 0 fully saturated rings. The largest absolute Gasteiger partial charge is 0.368 e. The molecule has 0 aromatic heterocycles. The second-order valence-electron chi connectivity index (χ2n) is 5.63. The van der Waals surface area contributed by atoms with Crippen molar-refractivity contribution in [1.82, 2.24) is 5.32 Å². The number of amides is 2. The lowest BCUT2D eigenvalue weighted by molar-refractivity contribution is -0.128. The van der Waals surface area contributed by atoms with E-state index in [4.69, 9.17) is 11.5 Å². The molecular weight excluding hydrogens is 230 g/mol. The fraction of sp³-hybridized carbons (Fsp3) is 0.846. The van der Waals surface area contributed by atoms with Crippen molar-refractivity contribution in [1.29, 1.82) is 0 Å². The molecule has 2 amide bonds. The lowest BCUT2D eigenvalue weighted by Crippen LogP contribution is -2.48. The molecule has 2 atom stereocenters. The molecule has 1 unspecified atom stereocenters. The highest BCUT2D eigenvalue weighted by Gasteiger charge is 2.23. The van der Waals surface area contributed by atoms with Gasteiger partial charge >= 0.3 is 0 Å². The Morgan fingerprint density at radius 2 is 1.72 bits per heavy atom. The summed E-state index contributed by atoms with van der Waals surface area (Å²) in [6, 6.07) is -0.602. The number of carbonyl (C=O) groups is 2. The zero-order valence-corrected chi connectivity index (χ0v) is 11.9. The van der Waals surface area contributed by atoms with Gasteiger partial charge in [-0.15, -0.1) is 0 Å². The van der Waals surface area contributed by atoms with E-state index in [0.717, 1.165) is 6.42 Å². The maximum Gasteiger partial charge on any atom is 0.240 e. The molecule has 5 heteroatoms. The fourth-order valence-corrected chi connectivity index (χ4v) is 1.99. The predicted molar refractivity (Wildman–Crippen MR) is 72.6 cm³/mol. The summed E-state index contributed by atoms with van der Waals surface area (Å²) in [5.41, 5.74) is 10.9. The Morgan fingerprint density at radius 1 is 1.17 bits per heavy atom. The molecule has 0 aromatic rings. The van der Waals surface area contributed by atoms with Gasteiger partial charge in [0.25, 0.3) is 0 Å². The molecule has 0 saturated heterocycles. The van der Waals surface area contributed by atoms with Crippen LogP contribution in [0.4, 0.5) is 0 Å². The first-order valence-corrected chi connectivity index (χ1v) is 6.56. The summed E-state index contributed by atoms with van der Waals surface area (Å²) < 4.78 is 0. The van der Waals surface area contributed by atoms with Crippen LogP contribution in [-0.4, -0.2) is 24.4 Å². The van der Waals surface area contributed by atoms with Crippen molar-refractivity contribution in [2.24, 2.45) is 29.2 Å². The Kier molecular flexibility index (Phi) is 7.59. The third-order valence-electron chi connectivity index (χ3n) is 2.90. The van der Waals surface area contributed by atoms with Gasteiger partial charge in [0, 0.05) is 6.42 Å². The van der Waals surface area contributed by atoms with Crippen molar-refractivity contribution in [2.45, 2.75) is 46.6 Å². The first-order valence-electron chi connectivity index (χ1n) is 6.56. The molecule has 5 nitrogen and oxygen atoms in total. The van der Waals surface area contributed by atoms with Gasteiger partial charge in [-0.25, -0.2) is 0 Å². The maximum atomic E-state index is 11.8. The predicted octanol–water partition coefficient (Wildman–Crippen LogP) is 0.624. The first kappa shape index (κ1) is 16.9. The van der Waals surface area contributed by atoms with Crippen molar-refractivity contribution in [2.75, 3.05) is 6.54 Å². The first-order chi connectivity index (χ1) is 8.27. The summed E-state index contributed by atoms with van der Waals surface area (Å²) in [5, 5.41) is 2.68. The van der Waals surface area contributed by atoms with Gasteiger partial charge in [-0.05, 0) is 30.7 Å². The molecule has 0 spiro atoms. The van der Waals surface area contributed by atoms with Crippen LogP contribution in [0.25, 0.3) is 0 Å². The highest BCUT2D eigenvalue weighted by molar-refractivity contribution is 5.86. The molecule has 106 valence electrons. The lowest BCUT2D eigenvalue weighted by Gasteiger charge is -2.21. The molecule has 0 aliphatic rings. The minimum atomic E-state index is -0.602. The van der Waals surface area contributed by atoms with E-state index in [0.29, 0.717) is 18.9 Å². The van der Waals surface area contributed by atoms with Crippen LogP contribution in [0.3, 0.4) is 0 Å². The fourth-order valence-electron chi connectivity index (χ4n) is 1.99. The van der Waals surface area contributed by atoms with Gasteiger partial charge in [0.05, 0.1) is 0 Å². The summed E-state index contributed by atoms with van der Waals surface area (Å²) in [7, 11) is 0. The zero-order valence-electron chi connectivity index (χ0n) is 11.9. The zero-order chi connectivity index (χ0) is 14.3. The molecule has 0 bridgehead atoms. The second kappa shape index (κ2) is 8.08. The van der Waals surface area contributed by atoms with Crippen LogP contribution in [0.2, 0.25) is 0 Å². The summed E-state index contributed by atoms with van der Waals surface area (Å²) in [6.45, 7) is 8.38. The Bertz CT molecular complexity index is 277. The average Bonchev–Trinajstić information content (AvgIpc) is 2.23. The van der Waals surface area contributed by atoms with Crippen LogP contribution in [0.1, 0.15) is 40.5 Å². The Balaban J connectivity index is 4.34. The van der Waals surface area contributed by atoms with Crippen LogP contribution in [0.5, 0.6) is 0 Å². The molecule has 5 N–H and O–H groups in total. The Hall–Kier alpha value is -1.10.